The van der Waals surface area contributed by atoms with Crippen LogP contribution in [0.5, 0.6) is 0 Å². The highest BCUT2D eigenvalue weighted by Crippen LogP contribution is 2.23. The number of hydrogen-bond acceptors (Lipinski definition) is 3. The lowest BCUT2D eigenvalue weighted by atomic mass is 10.0. The van der Waals surface area contributed by atoms with E-state index in [1.807, 2.05) is 60.7 Å². The Morgan fingerprint density at radius 3 is 2.31 bits per heavy atom. The molecule has 0 aliphatic rings. The lowest BCUT2D eigenvalue weighted by Gasteiger charge is -2.31. The molecule has 35 heavy (non-hydrogen) atoms. The molecule has 3 aromatic carbocycles. The Labute approximate surface area is 222 Å². The van der Waals surface area contributed by atoms with E-state index in [9.17, 15) is 9.59 Å². The molecule has 184 valence electrons. The summed E-state index contributed by atoms with van der Waals surface area (Å²) in [7, 11) is 0. The maximum absolute atomic E-state index is 13.6. The van der Waals surface area contributed by atoms with Crippen molar-refractivity contribution in [2.75, 3.05) is 12.3 Å². The SMILES string of the molecule is CCCCNC(=O)[C@@H](Cc1ccccc1)N(Cc1cccc(Cl)c1)C(=O)CSc1ccc(Cl)cc1. The van der Waals surface area contributed by atoms with E-state index in [0.29, 0.717) is 29.6 Å². The molecule has 0 aliphatic heterocycles. The number of hydrogen-bond donors (Lipinski definition) is 1. The number of carbonyl (C=O) groups is 2. The number of amides is 2. The standard InChI is InChI=1S/C28H30Cl2N2O2S/c1-2-3-16-31-28(34)26(18-21-8-5-4-6-9-21)32(19-22-10-7-11-24(30)17-22)27(33)20-35-25-14-12-23(29)13-15-25/h4-15,17,26H,2-3,16,18-20H2,1H3,(H,31,34)/t26-/m1/s1. The first-order valence-electron chi connectivity index (χ1n) is 11.7. The summed E-state index contributed by atoms with van der Waals surface area (Å²) in [6, 6.07) is 24.0. The summed E-state index contributed by atoms with van der Waals surface area (Å²) in [5, 5.41) is 4.28. The van der Waals surface area contributed by atoms with Gasteiger partial charge in [0.05, 0.1) is 5.75 Å². The minimum Gasteiger partial charge on any atom is -0.354 e. The fourth-order valence-corrected chi connectivity index (χ4v) is 4.77. The largest absolute Gasteiger partial charge is 0.354 e. The summed E-state index contributed by atoms with van der Waals surface area (Å²) >= 11 is 13.6. The van der Waals surface area contributed by atoms with E-state index in [-0.39, 0.29) is 17.6 Å². The van der Waals surface area contributed by atoms with Crippen LogP contribution in [0.4, 0.5) is 0 Å². The molecule has 0 saturated heterocycles. The fourth-order valence-electron chi connectivity index (χ4n) is 3.65. The van der Waals surface area contributed by atoms with E-state index in [2.05, 4.69) is 12.2 Å². The van der Waals surface area contributed by atoms with Crippen molar-refractivity contribution in [2.45, 2.75) is 43.7 Å². The normalized spacial score (nSPS) is 11.6. The van der Waals surface area contributed by atoms with Crippen molar-refractivity contribution in [3.8, 4) is 0 Å². The van der Waals surface area contributed by atoms with E-state index in [1.165, 1.54) is 11.8 Å². The number of carbonyl (C=O) groups excluding carboxylic acids is 2. The molecule has 0 heterocycles. The predicted molar refractivity (Wildman–Crippen MR) is 146 cm³/mol. The number of unbranched alkanes of at least 4 members (excludes halogenated alkanes) is 1. The Balaban J connectivity index is 1.87. The average Bonchev–Trinajstić information content (AvgIpc) is 2.86. The minimum atomic E-state index is -0.647. The van der Waals surface area contributed by atoms with Gasteiger partial charge in [0.25, 0.3) is 0 Å². The number of nitrogens with one attached hydrogen (secondary N) is 1. The van der Waals surface area contributed by atoms with Gasteiger partial charge in [0, 0.05) is 34.5 Å². The summed E-state index contributed by atoms with van der Waals surface area (Å²) in [6.07, 6.45) is 2.29. The van der Waals surface area contributed by atoms with Crippen LogP contribution in [0, 0.1) is 0 Å². The summed E-state index contributed by atoms with van der Waals surface area (Å²) in [6.45, 7) is 2.95. The number of thioether (sulfide) groups is 1. The first-order chi connectivity index (χ1) is 17.0. The van der Waals surface area contributed by atoms with Gasteiger partial charge in [-0.2, -0.15) is 0 Å². The first-order valence-corrected chi connectivity index (χ1v) is 13.4. The molecule has 0 fully saturated rings. The van der Waals surface area contributed by atoms with Crippen LogP contribution in [0.2, 0.25) is 10.0 Å². The third kappa shape index (κ3) is 8.92. The highest BCUT2D eigenvalue weighted by molar-refractivity contribution is 8.00. The van der Waals surface area contributed by atoms with Gasteiger partial charge in [0.1, 0.15) is 6.04 Å². The van der Waals surface area contributed by atoms with Crippen molar-refractivity contribution in [2.24, 2.45) is 0 Å². The van der Waals surface area contributed by atoms with Crippen LogP contribution in [-0.2, 0) is 22.6 Å². The van der Waals surface area contributed by atoms with E-state index in [4.69, 9.17) is 23.2 Å². The molecule has 0 aliphatic carbocycles. The van der Waals surface area contributed by atoms with Gasteiger partial charge in [0.2, 0.25) is 11.8 Å². The number of halogens is 2. The molecular weight excluding hydrogens is 499 g/mol. The van der Waals surface area contributed by atoms with Crippen molar-refractivity contribution in [1.29, 1.82) is 0 Å². The Morgan fingerprint density at radius 1 is 0.914 bits per heavy atom. The average molecular weight is 530 g/mol. The first kappa shape index (κ1) is 27.1. The van der Waals surface area contributed by atoms with Gasteiger partial charge in [-0.15, -0.1) is 11.8 Å². The van der Waals surface area contributed by atoms with Gasteiger partial charge in [-0.1, -0.05) is 79.0 Å². The molecule has 0 spiro atoms. The van der Waals surface area contributed by atoms with Crippen molar-refractivity contribution in [3.63, 3.8) is 0 Å². The van der Waals surface area contributed by atoms with Crippen LogP contribution in [0.3, 0.4) is 0 Å². The second-order valence-electron chi connectivity index (χ2n) is 8.24. The Hall–Kier alpha value is -2.47. The Bertz CT molecular complexity index is 1090. The Morgan fingerprint density at radius 2 is 1.63 bits per heavy atom. The maximum atomic E-state index is 13.6. The zero-order valence-electron chi connectivity index (χ0n) is 19.8. The van der Waals surface area contributed by atoms with Crippen molar-refractivity contribution >= 4 is 46.8 Å². The van der Waals surface area contributed by atoms with Gasteiger partial charge in [-0.3, -0.25) is 9.59 Å². The quantitative estimate of drug-likeness (QED) is 0.211. The van der Waals surface area contributed by atoms with E-state index >= 15 is 0 Å². The molecule has 3 aromatic rings. The van der Waals surface area contributed by atoms with Gasteiger partial charge in [0.15, 0.2) is 0 Å². The molecule has 2 amide bonds. The molecule has 0 bridgehead atoms. The summed E-state index contributed by atoms with van der Waals surface area (Å²) < 4.78 is 0. The molecular formula is C28H30Cl2N2O2S. The van der Waals surface area contributed by atoms with E-state index in [0.717, 1.165) is 28.9 Å². The molecule has 4 nitrogen and oxygen atoms in total. The van der Waals surface area contributed by atoms with Crippen LogP contribution < -0.4 is 5.32 Å². The summed E-state index contributed by atoms with van der Waals surface area (Å²) in [4.78, 5) is 29.6. The lowest BCUT2D eigenvalue weighted by molar-refractivity contribution is -0.139. The van der Waals surface area contributed by atoms with E-state index in [1.54, 1.807) is 23.1 Å². The second kappa shape index (κ2) is 14.2. The topological polar surface area (TPSA) is 49.4 Å². The highest BCUT2D eigenvalue weighted by Gasteiger charge is 2.30. The van der Waals surface area contributed by atoms with Crippen molar-refractivity contribution in [1.82, 2.24) is 10.2 Å². The molecule has 1 atom stereocenters. The van der Waals surface area contributed by atoms with Gasteiger partial charge in [-0.05, 0) is 53.9 Å². The molecule has 7 heteroatoms. The third-order valence-corrected chi connectivity index (χ3v) is 7.00. The number of rotatable bonds is 12. The predicted octanol–water partition coefficient (Wildman–Crippen LogP) is 6.64. The highest BCUT2D eigenvalue weighted by atomic mass is 35.5. The molecule has 1 N–H and O–H groups in total. The number of benzene rings is 3. The minimum absolute atomic E-state index is 0.114. The van der Waals surface area contributed by atoms with Gasteiger partial charge in [-0.25, -0.2) is 0 Å². The second-order valence-corrected chi connectivity index (χ2v) is 10.2. The van der Waals surface area contributed by atoms with Crippen LogP contribution >= 0.6 is 35.0 Å². The van der Waals surface area contributed by atoms with Gasteiger partial charge < -0.3 is 10.2 Å². The van der Waals surface area contributed by atoms with Crippen molar-refractivity contribution in [3.05, 3.63) is 100 Å². The molecule has 0 aromatic heterocycles. The summed E-state index contributed by atoms with van der Waals surface area (Å²) in [5.74, 6) is -0.0545. The maximum Gasteiger partial charge on any atom is 0.243 e. The van der Waals surface area contributed by atoms with E-state index < -0.39 is 6.04 Å². The number of nitrogens with zero attached hydrogens (tertiary/aromatic N) is 1. The summed E-state index contributed by atoms with van der Waals surface area (Å²) in [5.41, 5.74) is 1.87. The molecule has 0 unspecified atom stereocenters. The third-order valence-electron chi connectivity index (χ3n) is 5.52. The zero-order chi connectivity index (χ0) is 25.0. The molecule has 0 radical (unpaired) electrons. The smallest absolute Gasteiger partial charge is 0.243 e. The monoisotopic (exact) mass is 528 g/mol. The Kier molecular flexibility index (Phi) is 11.0. The van der Waals surface area contributed by atoms with Crippen LogP contribution in [0.25, 0.3) is 0 Å². The zero-order valence-corrected chi connectivity index (χ0v) is 22.1. The fraction of sp³-hybridized carbons (Fsp3) is 0.286. The van der Waals surface area contributed by atoms with Gasteiger partial charge >= 0.3 is 0 Å². The van der Waals surface area contributed by atoms with Crippen molar-refractivity contribution < 1.29 is 9.59 Å². The molecule has 3 rings (SSSR count). The van der Waals surface area contributed by atoms with Crippen LogP contribution in [0.15, 0.2) is 83.8 Å². The molecule has 0 saturated carbocycles. The van der Waals surface area contributed by atoms with Crippen LogP contribution in [-0.4, -0.2) is 35.1 Å². The van der Waals surface area contributed by atoms with Crippen LogP contribution in [0.1, 0.15) is 30.9 Å². The lowest BCUT2D eigenvalue weighted by Crippen LogP contribution is -2.51.